The van der Waals surface area contributed by atoms with Crippen LogP contribution in [0, 0.1) is 5.82 Å². The number of ether oxygens (including phenoxy) is 1. The number of hydrogen-bond donors (Lipinski definition) is 1. The van der Waals surface area contributed by atoms with Gasteiger partial charge in [-0.15, -0.1) is 0 Å². The normalized spacial score (nSPS) is 18.2. The Hall–Kier alpha value is -3.42. The molecule has 29 heavy (non-hydrogen) atoms. The van der Waals surface area contributed by atoms with Crippen molar-refractivity contribution in [1.29, 1.82) is 0 Å². The molecule has 0 radical (unpaired) electrons. The molecule has 1 N–H and O–H groups in total. The van der Waals surface area contributed by atoms with Gasteiger partial charge in [0, 0.05) is 12.2 Å². The summed E-state index contributed by atoms with van der Waals surface area (Å²) in [5.41, 5.74) is 0.886. The van der Waals surface area contributed by atoms with E-state index in [4.69, 9.17) is 4.74 Å². The number of benzene rings is 2. The second-order valence-corrected chi connectivity index (χ2v) is 7.02. The largest absolute Gasteiger partial charge is 0.497 e. The highest BCUT2D eigenvalue weighted by molar-refractivity contribution is 6.13. The maximum absolute atomic E-state index is 13.9. The molecule has 2 heterocycles. The topological polar surface area (TPSA) is 79.0 Å². The van der Waals surface area contributed by atoms with Crippen LogP contribution in [-0.4, -0.2) is 48.9 Å². The van der Waals surface area contributed by atoms with Gasteiger partial charge in [0.05, 0.1) is 18.4 Å². The lowest BCUT2D eigenvalue weighted by molar-refractivity contribution is -0.124. The zero-order chi connectivity index (χ0) is 20.5. The van der Waals surface area contributed by atoms with Crippen LogP contribution in [0.4, 0.5) is 15.8 Å². The maximum atomic E-state index is 13.9. The summed E-state index contributed by atoms with van der Waals surface area (Å²) in [5.74, 6) is -1.06. The SMILES string of the molecule is COc1ccc(NC(=O)CN2C(=O)[C@H]3CCCN3C(=O)c3ccc(F)cc32)cc1. The monoisotopic (exact) mass is 397 g/mol. The predicted octanol–water partition coefficient (Wildman–Crippen LogP) is 2.42. The van der Waals surface area contributed by atoms with Gasteiger partial charge in [0.15, 0.2) is 0 Å². The Bertz CT molecular complexity index is 976. The fourth-order valence-corrected chi connectivity index (χ4v) is 3.81. The van der Waals surface area contributed by atoms with E-state index in [-0.39, 0.29) is 29.6 Å². The first-order valence-electron chi connectivity index (χ1n) is 9.34. The minimum atomic E-state index is -0.633. The summed E-state index contributed by atoms with van der Waals surface area (Å²) in [7, 11) is 1.54. The number of amides is 3. The molecule has 2 aliphatic rings. The molecule has 0 bridgehead atoms. The molecule has 2 aromatic carbocycles. The van der Waals surface area contributed by atoms with Crippen LogP contribution in [0.25, 0.3) is 0 Å². The van der Waals surface area contributed by atoms with Crippen LogP contribution in [0.2, 0.25) is 0 Å². The number of nitrogens with zero attached hydrogens (tertiary/aromatic N) is 2. The fraction of sp³-hybridized carbons (Fsp3) is 0.286. The summed E-state index contributed by atoms with van der Waals surface area (Å²) in [6.45, 7) is 0.150. The van der Waals surface area contributed by atoms with E-state index in [9.17, 15) is 18.8 Å². The Morgan fingerprint density at radius 3 is 2.69 bits per heavy atom. The second-order valence-electron chi connectivity index (χ2n) is 7.02. The Morgan fingerprint density at radius 2 is 1.97 bits per heavy atom. The molecule has 8 heteroatoms. The average molecular weight is 397 g/mol. The molecular formula is C21H20FN3O4. The molecule has 7 nitrogen and oxygen atoms in total. The van der Waals surface area contributed by atoms with Gasteiger partial charge in [0.25, 0.3) is 5.91 Å². The molecule has 0 unspecified atom stereocenters. The zero-order valence-corrected chi connectivity index (χ0v) is 15.9. The summed E-state index contributed by atoms with van der Waals surface area (Å²) in [5, 5.41) is 2.72. The van der Waals surface area contributed by atoms with Gasteiger partial charge in [-0.2, -0.15) is 0 Å². The first-order valence-corrected chi connectivity index (χ1v) is 9.34. The zero-order valence-electron chi connectivity index (χ0n) is 15.9. The van der Waals surface area contributed by atoms with E-state index in [1.54, 1.807) is 31.4 Å². The van der Waals surface area contributed by atoms with Crippen LogP contribution >= 0.6 is 0 Å². The van der Waals surface area contributed by atoms with E-state index in [1.165, 1.54) is 21.9 Å². The first kappa shape index (κ1) is 18.9. The number of nitrogens with one attached hydrogen (secondary N) is 1. The lowest BCUT2D eigenvalue weighted by Gasteiger charge is -2.25. The van der Waals surface area contributed by atoms with Crippen molar-refractivity contribution < 1.29 is 23.5 Å². The van der Waals surface area contributed by atoms with Gasteiger partial charge in [0.2, 0.25) is 11.8 Å². The Morgan fingerprint density at radius 1 is 1.21 bits per heavy atom. The summed E-state index contributed by atoms with van der Waals surface area (Å²) >= 11 is 0. The summed E-state index contributed by atoms with van der Waals surface area (Å²) in [6, 6.07) is 9.81. The molecule has 0 aliphatic carbocycles. The quantitative estimate of drug-likeness (QED) is 0.860. The van der Waals surface area contributed by atoms with E-state index in [0.717, 1.165) is 6.07 Å². The molecule has 4 rings (SSSR count). The van der Waals surface area contributed by atoms with Crippen molar-refractivity contribution in [3.63, 3.8) is 0 Å². The van der Waals surface area contributed by atoms with Crippen molar-refractivity contribution in [1.82, 2.24) is 4.90 Å². The molecule has 1 fully saturated rings. The predicted molar refractivity (Wildman–Crippen MR) is 104 cm³/mol. The van der Waals surface area contributed by atoms with Crippen molar-refractivity contribution in [2.24, 2.45) is 0 Å². The highest BCUT2D eigenvalue weighted by Crippen LogP contribution is 2.33. The molecule has 0 saturated carbocycles. The van der Waals surface area contributed by atoms with Gasteiger partial charge in [-0.3, -0.25) is 14.4 Å². The number of methoxy groups -OCH3 is 1. The fourth-order valence-electron chi connectivity index (χ4n) is 3.81. The highest BCUT2D eigenvalue weighted by Gasteiger charge is 2.42. The van der Waals surface area contributed by atoms with Crippen LogP contribution in [-0.2, 0) is 9.59 Å². The van der Waals surface area contributed by atoms with Gasteiger partial charge in [-0.1, -0.05) is 0 Å². The summed E-state index contributed by atoms with van der Waals surface area (Å²) in [6.07, 6.45) is 1.24. The summed E-state index contributed by atoms with van der Waals surface area (Å²) < 4.78 is 19.0. The summed E-state index contributed by atoms with van der Waals surface area (Å²) in [4.78, 5) is 41.4. The van der Waals surface area contributed by atoms with E-state index in [0.29, 0.717) is 30.8 Å². The number of fused-ring (bicyclic) bond motifs is 2. The Kier molecular flexibility index (Phi) is 4.92. The van der Waals surface area contributed by atoms with Crippen molar-refractivity contribution in [2.45, 2.75) is 18.9 Å². The third-order valence-electron chi connectivity index (χ3n) is 5.22. The van der Waals surface area contributed by atoms with Crippen molar-refractivity contribution in [2.75, 3.05) is 30.4 Å². The molecule has 1 atom stereocenters. The Balaban J connectivity index is 1.62. The van der Waals surface area contributed by atoms with Gasteiger partial charge in [-0.25, -0.2) is 4.39 Å². The van der Waals surface area contributed by atoms with Crippen LogP contribution in [0.1, 0.15) is 23.2 Å². The van der Waals surface area contributed by atoms with Crippen molar-refractivity contribution in [3.8, 4) is 5.75 Å². The second kappa shape index (κ2) is 7.54. The van der Waals surface area contributed by atoms with Crippen LogP contribution < -0.4 is 15.0 Å². The number of rotatable bonds is 4. The van der Waals surface area contributed by atoms with Crippen molar-refractivity contribution in [3.05, 3.63) is 53.8 Å². The van der Waals surface area contributed by atoms with Gasteiger partial charge >= 0.3 is 0 Å². The van der Waals surface area contributed by atoms with E-state index < -0.39 is 17.8 Å². The molecule has 2 aromatic rings. The smallest absolute Gasteiger partial charge is 0.256 e. The molecule has 1 saturated heterocycles. The minimum Gasteiger partial charge on any atom is -0.497 e. The van der Waals surface area contributed by atoms with Crippen LogP contribution in [0.15, 0.2) is 42.5 Å². The van der Waals surface area contributed by atoms with Gasteiger partial charge < -0.3 is 19.9 Å². The molecular weight excluding hydrogens is 377 g/mol. The Labute approximate surface area is 167 Å². The lowest BCUT2D eigenvalue weighted by Crippen LogP contribution is -2.47. The third kappa shape index (κ3) is 3.53. The highest BCUT2D eigenvalue weighted by atomic mass is 19.1. The average Bonchev–Trinajstić information content (AvgIpc) is 3.19. The number of halogens is 1. The molecule has 3 amide bonds. The van der Waals surface area contributed by atoms with Crippen LogP contribution in [0.5, 0.6) is 5.75 Å². The number of hydrogen-bond acceptors (Lipinski definition) is 4. The number of carbonyl (C=O) groups is 3. The van der Waals surface area contributed by atoms with Crippen LogP contribution in [0.3, 0.4) is 0 Å². The third-order valence-corrected chi connectivity index (χ3v) is 5.22. The standard InChI is InChI=1S/C21H20FN3O4/c1-29-15-7-5-14(6-8-15)23-19(26)12-25-18-11-13(22)4-9-16(18)20(27)24-10-2-3-17(24)21(25)28/h4-9,11,17H,2-3,10,12H2,1H3,(H,23,26)/t17-/m1/s1. The van der Waals surface area contributed by atoms with Gasteiger partial charge in [-0.05, 0) is 55.3 Å². The van der Waals surface area contributed by atoms with Crippen molar-refractivity contribution >= 4 is 29.1 Å². The molecule has 0 spiro atoms. The van der Waals surface area contributed by atoms with E-state index in [2.05, 4.69) is 5.32 Å². The lowest BCUT2D eigenvalue weighted by atomic mass is 10.1. The number of carbonyl (C=O) groups excluding carboxylic acids is 3. The van der Waals surface area contributed by atoms with E-state index >= 15 is 0 Å². The van der Waals surface area contributed by atoms with E-state index in [1.807, 2.05) is 0 Å². The number of anilines is 2. The minimum absolute atomic E-state index is 0.124. The van der Waals surface area contributed by atoms with Gasteiger partial charge in [0.1, 0.15) is 24.2 Å². The molecule has 2 aliphatic heterocycles. The molecule has 150 valence electrons. The first-order chi connectivity index (χ1) is 14.0. The molecule has 0 aromatic heterocycles. The maximum Gasteiger partial charge on any atom is 0.256 e.